The lowest BCUT2D eigenvalue weighted by atomic mass is 9.94. The van der Waals surface area contributed by atoms with Crippen LogP contribution in [0.1, 0.15) is 30.7 Å². The molecule has 1 atom stereocenters. The van der Waals surface area contributed by atoms with E-state index in [2.05, 4.69) is 0 Å². The van der Waals surface area contributed by atoms with Crippen LogP contribution in [-0.2, 0) is 9.59 Å². The summed E-state index contributed by atoms with van der Waals surface area (Å²) in [6.07, 6.45) is 2.95. The fourth-order valence-electron chi connectivity index (χ4n) is 3.14. The van der Waals surface area contributed by atoms with Crippen LogP contribution in [0.2, 0.25) is 0 Å². The molecule has 7 heteroatoms. The van der Waals surface area contributed by atoms with E-state index >= 15 is 0 Å². The fourth-order valence-corrected chi connectivity index (χ4v) is 4.21. The summed E-state index contributed by atoms with van der Waals surface area (Å²) in [6, 6.07) is 6.52. The Bertz CT molecular complexity index is 634. The first-order valence-corrected chi connectivity index (χ1v) is 9.44. The lowest BCUT2D eigenvalue weighted by molar-refractivity contribution is -0.136. The molecule has 2 fully saturated rings. The van der Waals surface area contributed by atoms with Crippen LogP contribution in [-0.4, -0.2) is 51.3 Å². The molecule has 2 aliphatic rings. The summed E-state index contributed by atoms with van der Waals surface area (Å²) in [5.74, 6) is 0.113. The van der Waals surface area contributed by atoms with Crippen LogP contribution in [0.5, 0.6) is 0 Å². The highest BCUT2D eigenvalue weighted by Gasteiger charge is 2.31. The normalized spacial score (nSPS) is 22.0. The third-order valence-corrected chi connectivity index (χ3v) is 5.93. The Morgan fingerprint density at radius 1 is 1.29 bits per heavy atom. The predicted molar refractivity (Wildman–Crippen MR) is 96.3 cm³/mol. The molecule has 0 aromatic heterocycles. The topological polar surface area (TPSA) is 40.6 Å². The summed E-state index contributed by atoms with van der Waals surface area (Å²) in [5.41, 5.74) is 1.06. The quantitative estimate of drug-likeness (QED) is 0.772. The molecule has 0 aliphatic carbocycles. The van der Waals surface area contributed by atoms with Gasteiger partial charge in [0.2, 0.25) is 11.8 Å². The molecule has 2 amide bonds. The molecule has 0 radical (unpaired) electrons. The van der Waals surface area contributed by atoms with Crippen LogP contribution in [0.3, 0.4) is 0 Å². The second kappa shape index (κ2) is 7.61. The average Bonchev–Trinajstić information content (AvgIpc) is 2.79. The summed E-state index contributed by atoms with van der Waals surface area (Å²) >= 11 is 6.44. The first-order chi connectivity index (χ1) is 11.5. The highest BCUT2D eigenvalue weighted by atomic mass is 32.2. The van der Waals surface area contributed by atoms with E-state index in [-0.39, 0.29) is 30.1 Å². The molecule has 1 unspecified atom stereocenters. The molecule has 128 valence electrons. The second-order valence-corrected chi connectivity index (χ2v) is 7.73. The number of halogens is 1. The Balaban J connectivity index is 1.68. The van der Waals surface area contributed by atoms with Crippen LogP contribution >= 0.6 is 24.0 Å². The van der Waals surface area contributed by atoms with Crippen LogP contribution in [0.25, 0.3) is 0 Å². The zero-order valence-corrected chi connectivity index (χ0v) is 14.9. The van der Waals surface area contributed by atoms with Crippen molar-refractivity contribution < 1.29 is 14.0 Å². The largest absolute Gasteiger partial charge is 0.341 e. The van der Waals surface area contributed by atoms with Gasteiger partial charge in [0.1, 0.15) is 16.7 Å². The number of nitrogens with zero attached hydrogens (tertiary/aromatic N) is 2. The van der Waals surface area contributed by atoms with Crippen LogP contribution in [0, 0.1) is 5.82 Å². The van der Waals surface area contributed by atoms with Crippen molar-refractivity contribution in [1.29, 1.82) is 0 Å². The van der Waals surface area contributed by atoms with Crippen LogP contribution in [0.4, 0.5) is 4.39 Å². The molecule has 1 aromatic carbocycles. The lowest BCUT2D eigenvalue weighted by Gasteiger charge is -2.26. The van der Waals surface area contributed by atoms with Crippen LogP contribution in [0.15, 0.2) is 24.3 Å². The number of rotatable bonds is 3. The maximum Gasteiger partial charge on any atom is 0.242 e. The van der Waals surface area contributed by atoms with Gasteiger partial charge in [-0.1, -0.05) is 42.5 Å². The zero-order chi connectivity index (χ0) is 17.1. The fraction of sp³-hybridized carbons (Fsp3) is 0.471. The Morgan fingerprint density at radius 2 is 2.04 bits per heavy atom. The molecule has 2 heterocycles. The summed E-state index contributed by atoms with van der Waals surface area (Å²) in [7, 11) is 0. The predicted octanol–water partition coefficient (Wildman–Crippen LogP) is 2.78. The smallest absolute Gasteiger partial charge is 0.242 e. The number of thioether (sulfide) groups is 1. The van der Waals surface area contributed by atoms with Gasteiger partial charge in [0.15, 0.2) is 0 Å². The van der Waals surface area contributed by atoms with Crippen molar-refractivity contribution in [3.05, 3.63) is 35.6 Å². The standard InChI is InChI=1S/C17H19FN2O2S2/c18-14-6-4-12(5-7-14)13-3-1-2-8-19(9-13)15(21)10-20-16(22)11-24-17(20)23/h4-7,13H,1-3,8-11H2. The van der Waals surface area contributed by atoms with Gasteiger partial charge in [-0.15, -0.1) is 0 Å². The minimum absolute atomic E-state index is 0.0286. The van der Waals surface area contributed by atoms with Gasteiger partial charge in [0, 0.05) is 19.0 Å². The van der Waals surface area contributed by atoms with E-state index in [0.29, 0.717) is 23.2 Å². The molecule has 2 saturated heterocycles. The van der Waals surface area contributed by atoms with Gasteiger partial charge in [-0.2, -0.15) is 0 Å². The number of hydrogen-bond donors (Lipinski definition) is 0. The molecule has 0 spiro atoms. The van der Waals surface area contributed by atoms with Crippen molar-refractivity contribution in [2.45, 2.75) is 25.2 Å². The molecule has 1 aromatic rings. The number of hydrogen-bond acceptors (Lipinski definition) is 4. The van der Waals surface area contributed by atoms with Crippen molar-refractivity contribution >= 4 is 40.1 Å². The zero-order valence-electron chi connectivity index (χ0n) is 13.2. The van der Waals surface area contributed by atoms with Gasteiger partial charge in [-0.05, 0) is 30.5 Å². The number of benzene rings is 1. The lowest BCUT2D eigenvalue weighted by Crippen LogP contribution is -2.43. The highest BCUT2D eigenvalue weighted by molar-refractivity contribution is 8.23. The summed E-state index contributed by atoms with van der Waals surface area (Å²) in [4.78, 5) is 27.7. The number of amides is 2. The minimum Gasteiger partial charge on any atom is -0.341 e. The Kier molecular flexibility index (Phi) is 5.50. The Morgan fingerprint density at radius 3 is 2.71 bits per heavy atom. The summed E-state index contributed by atoms with van der Waals surface area (Å²) < 4.78 is 13.6. The second-order valence-electron chi connectivity index (χ2n) is 6.12. The summed E-state index contributed by atoms with van der Waals surface area (Å²) in [6.45, 7) is 1.33. The van der Waals surface area contributed by atoms with Gasteiger partial charge < -0.3 is 4.90 Å². The Labute approximate surface area is 150 Å². The van der Waals surface area contributed by atoms with Crippen LogP contribution < -0.4 is 0 Å². The molecule has 2 aliphatic heterocycles. The van der Waals surface area contributed by atoms with Crippen molar-refractivity contribution in [2.24, 2.45) is 0 Å². The maximum atomic E-state index is 13.1. The molecule has 0 saturated carbocycles. The van der Waals surface area contributed by atoms with Crippen molar-refractivity contribution in [3.63, 3.8) is 0 Å². The Hall–Kier alpha value is -1.47. The third kappa shape index (κ3) is 3.95. The first-order valence-electron chi connectivity index (χ1n) is 8.05. The van der Waals surface area contributed by atoms with E-state index in [4.69, 9.17) is 12.2 Å². The number of likely N-dealkylation sites (tertiary alicyclic amines) is 1. The minimum atomic E-state index is -0.251. The first kappa shape index (κ1) is 17.4. The third-order valence-electron chi connectivity index (χ3n) is 4.50. The van der Waals surface area contributed by atoms with E-state index < -0.39 is 0 Å². The van der Waals surface area contributed by atoms with E-state index in [1.165, 1.54) is 28.8 Å². The van der Waals surface area contributed by atoms with E-state index in [9.17, 15) is 14.0 Å². The number of carbonyl (C=O) groups excluding carboxylic acids is 2. The average molecular weight is 366 g/mol. The molecular weight excluding hydrogens is 347 g/mol. The van der Waals surface area contributed by atoms with Crippen molar-refractivity contribution in [2.75, 3.05) is 25.4 Å². The monoisotopic (exact) mass is 366 g/mol. The van der Waals surface area contributed by atoms with Gasteiger partial charge >= 0.3 is 0 Å². The summed E-state index contributed by atoms with van der Waals surface area (Å²) in [5, 5.41) is 0. The van der Waals surface area contributed by atoms with E-state index in [0.717, 1.165) is 24.8 Å². The number of thiocarbonyl (C=S) groups is 1. The molecule has 3 rings (SSSR count). The van der Waals surface area contributed by atoms with Gasteiger partial charge in [0.05, 0.1) is 5.75 Å². The molecule has 24 heavy (non-hydrogen) atoms. The molecular formula is C17H19FN2O2S2. The van der Waals surface area contributed by atoms with Crippen molar-refractivity contribution in [1.82, 2.24) is 9.80 Å². The molecule has 0 N–H and O–H groups in total. The van der Waals surface area contributed by atoms with Gasteiger partial charge in [-0.25, -0.2) is 4.39 Å². The number of carbonyl (C=O) groups is 2. The maximum absolute atomic E-state index is 13.1. The van der Waals surface area contributed by atoms with E-state index in [1.54, 1.807) is 12.1 Å². The van der Waals surface area contributed by atoms with E-state index in [1.807, 2.05) is 4.90 Å². The SMILES string of the molecule is O=C(CN1C(=O)CSC1=S)N1CCCCC(c2ccc(F)cc2)C1. The van der Waals surface area contributed by atoms with Gasteiger partial charge in [-0.3, -0.25) is 14.5 Å². The molecule has 4 nitrogen and oxygen atoms in total. The van der Waals surface area contributed by atoms with Gasteiger partial charge in [0.25, 0.3) is 0 Å². The molecule has 0 bridgehead atoms. The highest BCUT2D eigenvalue weighted by Crippen LogP contribution is 2.27. The van der Waals surface area contributed by atoms with Crippen molar-refractivity contribution in [3.8, 4) is 0 Å².